The molecule has 0 aliphatic carbocycles. The molecule has 10 aromatic rings. The van der Waals surface area contributed by atoms with Crippen LogP contribution in [0, 0.1) is 11.3 Å². The summed E-state index contributed by atoms with van der Waals surface area (Å²) < 4.78 is 4.81. The van der Waals surface area contributed by atoms with E-state index in [0.29, 0.717) is 5.56 Å². The summed E-state index contributed by atoms with van der Waals surface area (Å²) in [7, 11) is 0. The predicted molar refractivity (Wildman–Crippen MR) is 200 cm³/mol. The second-order valence-electron chi connectivity index (χ2n) is 12.5. The lowest BCUT2D eigenvalue weighted by molar-refractivity contribution is 1.18. The van der Waals surface area contributed by atoms with Crippen molar-refractivity contribution in [3.05, 3.63) is 169 Å². The van der Waals surface area contributed by atoms with Gasteiger partial charge in [0.1, 0.15) is 0 Å². The van der Waals surface area contributed by atoms with Gasteiger partial charge in [-0.25, -0.2) is 0 Å². The number of fused-ring (bicyclic) bond motifs is 9. The van der Waals surface area contributed by atoms with E-state index in [1.165, 1.54) is 49.2 Å². The molecule has 2 aromatic heterocycles. The quantitative estimate of drug-likeness (QED) is 0.183. The highest BCUT2D eigenvalue weighted by Crippen LogP contribution is 2.42. The summed E-state index contributed by atoms with van der Waals surface area (Å²) in [5, 5.41) is 19.1. The lowest BCUT2D eigenvalue weighted by Gasteiger charge is -2.15. The average molecular weight is 610 g/mol. The highest BCUT2D eigenvalue weighted by atomic mass is 15.0. The van der Waals surface area contributed by atoms with Crippen molar-refractivity contribution in [2.45, 2.75) is 0 Å². The minimum absolute atomic E-state index is 0.671. The van der Waals surface area contributed by atoms with Crippen molar-refractivity contribution in [1.29, 1.82) is 5.26 Å². The fourth-order valence-electron chi connectivity index (χ4n) is 7.85. The fraction of sp³-hybridized carbons (Fsp3) is 0. The summed E-state index contributed by atoms with van der Waals surface area (Å²) in [6.45, 7) is 0. The number of nitriles is 1. The SMILES string of the molecule is N#Cc1ccc2cc(-n3c4ccccc4c4ccc(-c5cccc6c5c5ccccc5n6-c5ccccc5)cc43)c3ccccc3c2c1. The van der Waals surface area contributed by atoms with E-state index in [4.69, 9.17) is 0 Å². The smallest absolute Gasteiger partial charge is 0.0991 e. The van der Waals surface area contributed by atoms with E-state index in [0.717, 1.165) is 38.4 Å². The van der Waals surface area contributed by atoms with Gasteiger partial charge in [0.25, 0.3) is 0 Å². The van der Waals surface area contributed by atoms with Gasteiger partial charge in [0.15, 0.2) is 0 Å². The Balaban J connectivity index is 1.30. The van der Waals surface area contributed by atoms with Gasteiger partial charge in [0, 0.05) is 32.6 Å². The molecule has 8 aromatic carbocycles. The summed E-state index contributed by atoms with van der Waals surface area (Å²) in [5.41, 5.74) is 10.1. The van der Waals surface area contributed by atoms with E-state index in [1.54, 1.807) is 0 Å². The molecule has 3 nitrogen and oxygen atoms in total. The van der Waals surface area contributed by atoms with Gasteiger partial charge in [-0.2, -0.15) is 5.26 Å². The molecule has 48 heavy (non-hydrogen) atoms. The normalized spacial score (nSPS) is 11.7. The summed E-state index contributed by atoms with van der Waals surface area (Å²) in [6.07, 6.45) is 0. The zero-order valence-electron chi connectivity index (χ0n) is 25.9. The van der Waals surface area contributed by atoms with Crippen molar-refractivity contribution in [2.75, 3.05) is 0 Å². The Bertz CT molecular complexity index is 2950. The van der Waals surface area contributed by atoms with Crippen LogP contribution in [0.1, 0.15) is 5.56 Å². The molecule has 10 rings (SSSR count). The lowest BCUT2D eigenvalue weighted by Crippen LogP contribution is -1.96. The first kappa shape index (κ1) is 26.6. The Morgan fingerprint density at radius 3 is 1.90 bits per heavy atom. The highest BCUT2D eigenvalue weighted by Gasteiger charge is 2.19. The van der Waals surface area contributed by atoms with E-state index in [2.05, 4.69) is 167 Å². The van der Waals surface area contributed by atoms with Crippen molar-refractivity contribution in [1.82, 2.24) is 9.13 Å². The van der Waals surface area contributed by atoms with E-state index < -0.39 is 0 Å². The molecule has 0 aliphatic heterocycles. The molecule has 0 bridgehead atoms. The molecule has 0 spiro atoms. The molecule has 0 atom stereocenters. The van der Waals surface area contributed by atoms with Crippen molar-refractivity contribution in [3.63, 3.8) is 0 Å². The van der Waals surface area contributed by atoms with Crippen LogP contribution >= 0.6 is 0 Å². The summed E-state index contributed by atoms with van der Waals surface area (Å²) in [4.78, 5) is 0. The number of aromatic nitrogens is 2. The maximum atomic E-state index is 9.66. The zero-order valence-corrected chi connectivity index (χ0v) is 25.9. The molecule has 0 saturated carbocycles. The van der Waals surface area contributed by atoms with Crippen molar-refractivity contribution >= 4 is 65.2 Å². The van der Waals surface area contributed by atoms with Gasteiger partial charge in [-0.1, -0.05) is 109 Å². The molecular formula is C45H27N3. The Morgan fingerprint density at radius 1 is 0.417 bits per heavy atom. The Hall–Kier alpha value is -6.63. The van der Waals surface area contributed by atoms with Gasteiger partial charge in [0.2, 0.25) is 0 Å². The van der Waals surface area contributed by atoms with Crippen LogP contribution in [0.3, 0.4) is 0 Å². The van der Waals surface area contributed by atoms with Gasteiger partial charge in [0.05, 0.1) is 39.4 Å². The molecule has 0 N–H and O–H groups in total. The van der Waals surface area contributed by atoms with E-state index >= 15 is 0 Å². The first-order chi connectivity index (χ1) is 23.8. The third-order valence-electron chi connectivity index (χ3n) is 9.91. The van der Waals surface area contributed by atoms with Gasteiger partial charge < -0.3 is 9.13 Å². The minimum atomic E-state index is 0.671. The van der Waals surface area contributed by atoms with Crippen molar-refractivity contribution < 1.29 is 0 Å². The van der Waals surface area contributed by atoms with Crippen LogP contribution < -0.4 is 0 Å². The molecule has 0 radical (unpaired) electrons. The van der Waals surface area contributed by atoms with Crippen LogP contribution in [0.4, 0.5) is 0 Å². The predicted octanol–water partition coefficient (Wildman–Crippen LogP) is 11.7. The first-order valence-electron chi connectivity index (χ1n) is 16.3. The largest absolute Gasteiger partial charge is 0.309 e. The van der Waals surface area contributed by atoms with E-state index in [-0.39, 0.29) is 0 Å². The molecule has 3 heteroatoms. The van der Waals surface area contributed by atoms with Crippen LogP contribution in [-0.2, 0) is 0 Å². The third kappa shape index (κ3) is 3.75. The Labute approximate surface area is 276 Å². The summed E-state index contributed by atoms with van der Waals surface area (Å²) in [6, 6.07) is 60.9. The maximum absolute atomic E-state index is 9.66. The van der Waals surface area contributed by atoms with Gasteiger partial charge in [-0.05, 0) is 81.9 Å². The molecule has 0 amide bonds. The number of hydrogen-bond donors (Lipinski definition) is 0. The van der Waals surface area contributed by atoms with Crippen LogP contribution in [-0.4, -0.2) is 9.13 Å². The van der Waals surface area contributed by atoms with Crippen LogP contribution in [0.5, 0.6) is 0 Å². The molecule has 222 valence electrons. The second-order valence-corrected chi connectivity index (χ2v) is 12.5. The number of para-hydroxylation sites is 3. The standard InChI is InChI=1S/C45H27N3/c46-28-29-21-22-31-27-43(35-14-5-4-13-34(35)39(31)25-29)48-40-18-8-6-15-36(40)37-24-23-30(26-44(37)48)33-17-10-20-42-45(33)38-16-7-9-19-41(38)47(42)32-11-2-1-3-12-32/h1-27H. The molecule has 0 unspecified atom stereocenters. The monoisotopic (exact) mass is 609 g/mol. The maximum Gasteiger partial charge on any atom is 0.0991 e. The fourth-order valence-corrected chi connectivity index (χ4v) is 7.85. The Morgan fingerprint density at radius 2 is 1.08 bits per heavy atom. The zero-order chi connectivity index (χ0) is 31.8. The Kier molecular flexibility index (Phi) is 5.64. The third-order valence-corrected chi connectivity index (χ3v) is 9.91. The molecule has 2 heterocycles. The number of benzene rings is 8. The van der Waals surface area contributed by atoms with Gasteiger partial charge in [-0.15, -0.1) is 0 Å². The van der Waals surface area contributed by atoms with E-state index in [9.17, 15) is 5.26 Å². The lowest BCUT2D eigenvalue weighted by atomic mass is 9.97. The summed E-state index contributed by atoms with van der Waals surface area (Å²) in [5.74, 6) is 0. The van der Waals surface area contributed by atoms with Crippen molar-refractivity contribution in [3.8, 4) is 28.6 Å². The molecular weight excluding hydrogens is 583 g/mol. The molecule has 0 aliphatic rings. The van der Waals surface area contributed by atoms with Gasteiger partial charge in [-0.3, -0.25) is 0 Å². The highest BCUT2D eigenvalue weighted by molar-refractivity contribution is 6.18. The number of hydrogen-bond acceptors (Lipinski definition) is 1. The van der Waals surface area contributed by atoms with Crippen LogP contribution in [0.25, 0.3) is 87.7 Å². The second kappa shape index (κ2) is 10.2. The van der Waals surface area contributed by atoms with Crippen LogP contribution in [0.15, 0.2) is 164 Å². The molecule has 0 saturated heterocycles. The topological polar surface area (TPSA) is 33.6 Å². The average Bonchev–Trinajstić information content (AvgIpc) is 3.67. The number of nitrogens with zero attached hydrogens (tertiary/aromatic N) is 3. The van der Waals surface area contributed by atoms with Crippen molar-refractivity contribution in [2.24, 2.45) is 0 Å². The van der Waals surface area contributed by atoms with Gasteiger partial charge >= 0.3 is 0 Å². The minimum Gasteiger partial charge on any atom is -0.309 e. The molecule has 0 fully saturated rings. The summed E-state index contributed by atoms with van der Waals surface area (Å²) >= 11 is 0. The van der Waals surface area contributed by atoms with Crippen LogP contribution in [0.2, 0.25) is 0 Å². The number of rotatable bonds is 3. The van der Waals surface area contributed by atoms with E-state index in [1.807, 2.05) is 12.1 Å². The first-order valence-corrected chi connectivity index (χ1v) is 16.3.